The minimum Gasteiger partial charge on any atom is -0.480 e. The molecule has 2 unspecified atom stereocenters. The summed E-state index contributed by atoms with van der Waals surface area (Å²) in [6.07, 6.45) is 0. The van der Waals surface area contributed by atoms with Crippen molar-refractivity contribution >= 4 is 17.8 Å². The van der Waals surface area contributed by atoms with Crippen LogP contribution in [0.15, 0.2) is 18.2 Å². The van der Waals surface area contributed by atoms with Crippen LogP contribution in [0.5, 0.6) is 0 Å². The minimum atomic E-state index is -1.21. The first-order valence-corrected chi connectivity index (χ1v) is 7.32. The van der Waals surface area contributed by atoms with Crippen LogP contribution in [0.2, 0.25) is 0 Å². The molecule has 0 aliphatic carbocycles. The highest BCUT2D eigenvalue weighted by atomic mass is 19.1. The fraction of sp³-hybridized carbons (Fsp3) is 0.438. The lowest BCUT2D eigenvalue weighted by atomic mass is 10.0. The molecule has 2 atom stereocenters. The number of carbonyl (C=O) groups is 3. The maximum atomic E-state index is 13.7. The molecule has 6 nitrogen and oxygen atoms in total. The first-order chi connectivity index (χ1) is 11.1. The molecule has 0 spiro atoms. The molecule has 0 saturated heterocycles. The molecule has 1 rings (SSSR count). The van der Waals surface area contributed by atoms with Gasteiger partial charge in [0.05, 0.1) is 0 Å². The summed E-state index contributed by atoms with van der Waals surface area (Å²) in [4.78, 5) is 36.5. The Bertz CT molecular complexity index is 629. The molecule has 0 bridgehead atoms. The second-order valence-corrected chi connectivity index (χ2v) is 5.76. The van der Waals surface area contributed by atoms with Crippen molar-refractivity contribution in [3.63, 3.8) is 0 Å². The number of amides is 2. The monoisotopic (exact) mass is 342 g/mol. The number of carbonyl (C=O) groups excluding carboxylic acids is 2. The molecular weight excluding hydrogens is 322 g/mol. The highest BCUT2D eigenvalue weighted by molar-refractivity contribution is 5.98. The van der Waals surface area contributed by atoms with Gasteiger partial charge >= 0.3 is 5.97 Å². The van der Waals surface area contributed by atoms with E-state index in [2.05, 4.69) is 5.32 Å². The summed E-state index contributed by atoms with van der Waals surface area (Å²) in [5.74, 6) is -5.46. The van der Waals surface area contributed by atoms with Crippen molar-refractivity contribution in [2.45, 2.75) is 32.9 Å². The van der Waals surface area contributed by atoms with Crippen LogP contribution in [0.25, 0.3) is 0 Å². The fourth-order valence-electron chi connectivity index (χ4n) is 2.02. The lowest BCUT2D eigenvalue weighted by Crippen LogP contribution is -2.53. The molecule has 0 fully saturated rings. The molecule has 0 heterocycles. The van der Waals surface area contributed by atoms with Gasteiger partial charge in [-0.25, -0.2) is 13.6 Å². The van der Waals surface area contributed by atoms with Crippen molar-refractivity contribution in [2.24, 2.45) is 5.92 Å². The molecule has 0 saturated carbocycles. The van der Waals surface area contributed by atoms with Crippen LogP contribution in [0.3, 0.4) is 0 Å². The van der Waals surface area contributed by atoms with Crippen LogP contribution < -0.4 is 5.32 Å². The predicted octanol–water partition coefficient (Wildman–Crippen LogP) is 1.65. The second kappa shape index (κ2) is 7.85. The number of nitrogens with zero attached hydrogens (tertiary/aromatic N) is 1. The normalized spacial score (nSPS) is 13.3. The van der Waals surface area contributed by atoms with Gasteiger partial charge in [0, 0.05) is 7.05 Å². The fourth-order valence-corrected chi connectivity index (χ4v) is 2.02. The Morgan fingerprint density at radius 1 is 1.12 bits per heavy atom. The van der Waals surface area contributed by atoms with E-state index in [0.29, 0.717) is 0 Å². The van der Waals surface area contributed by atoms with Crippen LogP contribution in [0.4, 0.5) is 8.78 Å². The summed E-state index contributed by atoms with van der Waals surface area (Å²) < 4.78 is 27.3. The quantitative estimate of drug-likeness (QED) is 0.823. The molecular formula is C16H20F2N2O4. The van der Waals surface area contributed by atoms with Gasteiger partial charge in [-0.3, -0.25) is 9.59 Å². The SMILES string of the molecule is CC(C)C(NC(=O)c1c(F)cccc1F)C(=O)N(C)C(C)C(=O)O. The zero-order valence-corrected chi connectivity index (χ0v) is 13.8. The van der Waals surface area contributed by atoms with Crippen molar-refractivity contribution in [3.8, 4) is 0 Å². The minimum absolute atomic E-state index is 0.417. The van der Waals surface area contributed by atoms with Crippen molar-refractivity contribution in [1.29, 1.82) is 0 Å². The molecule has 0 aliphatic heterocycles. The molecule has 1 aromatic rings. The lowest BCUT2D eigenvalue weighted by molar-refractivity contribution is -0.149. The van der Waals surface area contributed by atoms with Gasteiger partial charge in [0.25, 0.3) is 5.91 Å². The molecule has 0 aromatic heterocycles. The number of carboxylic acids is 1. The highest BCUT2D eigenvalue weighted by Gasteiger charge is 2.32. The summed E-state index contributed by atoms with van der Waals surface area (Å²) >= 11 is 0. The lowest BCUT2D eigenvalue weighted by Gasteiger charge is -2.29. The van der Waals surface area contributed by atoms with Gasteiger partial charge < -0.3 is 15.3 Å². The summed E-state index contributed by atoms with van der Waals surface area (Å²) in [5.41, 5.74) is -0.787. The van der Waals surface area contributed by atoms with E-state index in [4.69, 9.17) is 5.11 Å². The highest BCUT2D eigenvalue weighted by Crippen LogP contribution is 2.14. The number of benzene rings is 1. The molecule has 2 N–H and O–H groups in total. The van der Waals surface area contributed by atoms with Crippen LogP contribution >= 0.6 is 0 Å². The number of rotatable bonds is 6. The number of aliphatic carboxylic acids is 1. The van der Waals surface area contributed by atoms with Crippen LogP contribution in [0.1, 0.15) is 31.1 Å². The number of hydrogen-bond donors (Lipinski definition) is 2. The van der Waals surface area contributed by atoms with Gasteiger partial charge in [0.15, 0.2) is 0 Å². The average Bonchev–Trinajstić information content (AvgIpc) is 2.49. The zero-order valence-electron chi connectivity index (χ0n) is 13.8. The first kappa shape index (κ1) is 19.5. The van der Waals surface area contributed by atoms with Crippen LogP contribution in [0, 0.1) is 17.6 Å². The van der Waals surface area contributed by atoms with E-state index in [1.807, 2.05) is 0 Å². The van der Waals surface area contributed by atoms with Crippen molar-refractivity contribution < 1.29 is 28.3 Å². The maximum absolute atomic E-state index is 13.7. The van der Waals surface area contributed by atoms with Crippen LogP contribution in [-0.4, -0.2) is 46.9 Å². The first-order valence-electron chi connectivity index (χ1n) is 7.32. The van der Waals surface area contributed by atoms with E-state index in [1.54, 1.807) is 13.8 Å². The van der Waals surface area contributed by atoms with E-state index in [0.717, 1.165) is 23.1 Å². The smallest absolute Gasteiger partial charge is 0.326 e. The standard InChI is InChI=1S/C16H20F2N2O4/c1-8(2)13(15(22)20(4)9(3)16(23)24)19-14(21)12-10(17)6-5-7-11(12)18/h5-9,13H,1-4H3,(H,19,21)(H,23,24). The summed E-state index contributed by atoms with van der Waals surface area (Å²) in [7, 11) is 1.28. The number of halogens is 2. The number of hydrogen-bond acceptors (Lipinski definition) is 3. The molecule has 132 valence electrons. The topological polar surface area (TPSA) is 86.7 Å². The van der Waals surface area contributed by atoms with Crippen molar-refractivity contribution in [3.05, 3.63) is 35.4 Å². The Kier molecular flexibility index (Phi) is 6.39. The Labute approximate surface area is 138 Å². The zero-order chi connectivity index (χ0) is 18.6. The number of nitrogens with one attached hydrogen (secondary N) is 1. The Morgan fingerprint density at radius 3 is 2.04 bits per heavy atom. The number of carboxylic acid groups (broad SMARTS) is 1. The van der Waals surface area contributed by atoms with Gasteiger partial charge in [0.1, 0.15) is 29.3 Å². The van der Waals surface area contributed by atoms with Gasteiger partial charge in [-0.15, -0.1) is 0 Å². The molecule has 1 aromatic carbocycles. The summed E-state index contributed by atoms with van der Waals surface area (Å²) in [6.45, 7) is 4.57. The van der Waals surface area contributed by atoms with E-state index < -0.39 is 53.0 Å². The Balaban J connectivity index is 3.04. The van der Waals surface area contributed by atoms with E-state index in [-0.39, 0.29) is 0 Å². The van der Waals surface area contributed by atoms with Gasteiger partial charge in [-0.2, -0.15) is 0 Å². The summed E-state index contributed by atoms with van der Waals surface area (Å²) in [6, 6.07) is 0.754. The largest absolute Gasteiger partial charge is 0.480 e. The van der Waals surface area contributed by atoms with Gasteiger partial charge in [-0.1, -0.05) is 19.9 Å². The van der Waals surface area contributed by atoms with Crippen molar-refractivity contribution in [2.75, 3.05) is 7.05 Å². The third-order valence-electron chi connectivity index (χ3n) is 3.70. The molecule has 8 heteroatoms. The molecule has 0 aliphatic rings. The van der Waals surface area contributed by atoms with Gasteiger partial charge in [0.2, 0.25) is 5.91 Å². The van der Waals surface area contributed by atoms with Gasteiger partial charge in [-0.05, 0) is 25.0 Å². The maximum Gasteiger partial charge on any atom is 0.326 e. The second-order valence-electron chi connectivity index (χ2n) is 5.76. The van der Waals surface area contributed by atoms with E-state index in [9.17, 15) is 23.2 Å². The Morgan fingerprint density at radius 2 is 1.62 bits per heavy atom. The predicted molar refractivity (Wildman–Crippen MR) is 82.3 cm³/mol. The van der Waals surface area contributed by atoms with E-state index in [1.165, 1.54) is 14.0 Å². The third kappa shape index (κ3) is 4.27. The third-order valence-corrected chi connectivity index (χ3v) is 3.70. The average molecular weight is 342 g/mol. The van der Waals surface area contributed by atoms with Crippen molar-refractivity contribution in [1.82, 2.24) is 10.2 Å². The van der Waals surface area contributed by atoms with Crippen LogP contribution in [-0.2, 0) is 9.59 Å². The number of likely N-dealkylation sites (N-methyl/N-ethyl adjacent to an activating group) is 1. The molecule has 24 heavy (non-hydrogen) atoms. The Hall–Kier alpha value is -2.51. The molecule has 0 radical (unpaired) electrons. The molecule has 2 amide bonds. The van der Waals surface area contributed by atoms with E-state index >= 15 is 0 Å². The summed E-state index contributed by atoms with van der Waals surface area (Å²) in [5, 5.41) is 11.3.